The van der Waals surface area contributed by atoms with Gasteiger partial charge < -0.3 is 10.1 Å². The van der Waals surface area contributed by atoms with E-state index in [9.17, 15) is 4.79 Å². The molecule has 0 saturated carbocycles. The Morgan fingerprint density at radius 1 is 1.39 bits per heavy atom. The number of rotatable bonds is 2. The van der Waals surface area contributed by atoms with Gasteiger partial charge in [0.05, 0.1) is 12.8 Å². The fraction of sp³-hybridized carbons (Fsp3) is 0.0769. The molecule has 1 aromatic carbocycles. The number of nitrogens with one attached hydrogen (secondary N) is 1. The van der Waals surface area contributed by atoms with Gasteiger partial charge in [-0.15, -0.1) is 0 Å². The van der Waals surface area contributed by atoms with Gasteiger partial charge in [0.1, 0.15) is 11.1 Å². The SMILES string of the molecule is COC(=O)/C(C#N)=C1/NC(c2ccccc2)=CS1. The van der Waals surface area contributed by atoms with E-state index in [0.717, 1.165) is 11.3 Å². The van der Waals surface area contributed by atoms with Crippen LogP contribution in [0.5, 0.6) is 0 Å². The molecule has 0 spiro atoms. The second-order valence-electron chi connectivity index (χ2n) is 3.45. The molecule has 0 saturated heterocycles. The van der Waals surface area contributed by atoms with Gasteiger partial charge in [-0.05, 0) is 5.56 Å². The summed E-state index contributed by atoms with van der Waals surface area (Å²) in [5, 5.41) is 14.4. The van der Waals surface area contributed by atoms with Crippen LogP contribution in [0.25, 0.3) is 5.70 Å². The van der Waals surface area contributed by atoms with Gasteiger partial charge in [-0.25, -0.2) is 4.79 Å². The van der Waals surface area contributed by atoms with Crippen molar-refractivity contribution in [2.24, 2.45) is 0 Å². The first-order valence-electron chi connectivity index (χ1n) is 5.18. The molecular formula is C13H10N2O2S. The molecule has 18 heavy (non-hydrogen) atoms. The van der Waals surface area contributed by atoms with Gasteiger partial charge in [0.25, 0.3) is 0 Å². The fourth-order valence-corrected chi connectivity index (χ4v) is 2.32. The number of ether oxygens (including phenoxy) is 1. The Balaban J connectivity index is 2.24. The predicted molar refractivity (Wildman–Crippen MR) is 69.8 cm³/mol. The minimum Gasteiger partial charge on any atom is -0.465 e. The largest absolute Gasteiger partial charge is 0.465 e. The molecule has 4 nitrogen and oxygen atoms in total. The highest BCUT2D eigenvalue weighted by Gasteiger charge is 2.21. The van der Waals surface area contributed by atoms with E-state index >= 15 is 0 Å². The highest BCUT2D eigenvalue weighted by Crippen LogP contribution is 2.31. The number of nitrogens with zero attached hydrogens (tertiary/aromatic N) is 1. The second kappa shape index (κ2) is 5.43. The Kier molecular flexibility index (Phi) is 3.70. The van der Waals surface area contributed by atoms with Crippen LogP contribution in [0.4, 0.5) is 0 Å². The van der Waals surface area contributed by atoms with Gasteiger partial charge in [-0.2, -0.15) is 5.26 Å². The molecule has 0 aliphatic carbocycles. The van der Waals surface area contributed by atoms with Crippen LogP contribution in [0, 0.1) is 11.3 Å². The number of hydrogen-bond acceptors (Lipinski definition) is 5. The third kappa shape index (κ3) is 2.39. The Hall–Kier alpha value is -2.19. The zero-order valence-electron chi connectivity index (χ0n) is 9.64. The summed E-state index contributed by atoms with van der Waals surface area (Å²) in [5.41, 5.74) is 1.86. The standard InChI is InChI=1S/C13H10N2O2S/c1-17-13(16)10(7-14)12-15-11(8-18-12)9-5-3-2-4-6-9/h2-6,8,15H,1H3/b12-10-. The molecule has 0 aromatic heterocycles. The summed E-state index contributed by atoms with van der Waals surface area (Å²) in [6.07, 6.45) is 0. The van der Waals surface area contributed by atoms with Gasteiger partial charge in [0, 0.05) is 5.41 Å². The summed E-state index contributed by atoms with van der Waals surface area (Å²) in [4.78, 5) is 11.4. The second-order valence-corrected chi connectivity index (χ2v) is 4.33. The zero-order valence-corrected chi connectivity index (χ0v) is 10.5. The van der Waals surface area contributed by atoms with Crippen molar-refractivity contribution >= 4 is 23.4 Å². The van der Waals surface area contributed by atoms with E-state index in [2.05, 4.69) is 10.1 Å². The lowest BCUT2D eigenvalue weighted by atomic mass is 10.2. The Labute approximate surface area is 109 Å². The van der Waals surface area contributed by atoms with Gasteiger partial charge in [0.2, 0.25) is 0 Å². The Morgan fingerprint density at radius 2 is 2.11 bits per heavy atom. The summed E-state index contributed by atoms with van der Waals surface area (Å²) in [7, 11) is 1.26. The topological polar surface area (TPSA) is 62.1 Å². The smallest absolute Gasteiger partial charge is 0.351 e. The first kappa shape index (κ1) is 12.3. The summed E-state index contributed by atoms with van der Waals surface area (Å²) in [5.74, 6) is -0.629. The quantitative estimate of drug-likeness (QED) is 0.500. The van der Waals surface area contributed by atoms with Crippen LogP contribution in [-0.2, 0) is 9.53 Å². The average molecular weight is 258 g/mol. The molecule has 0 bridgehead atoms. The number of methoxy groups -OCH3 is 1. The van der Waals surface area contributed by atoms with E-state index in [-0.39, 0.29) is 5.57 Å². The summed E-state index contributed by atoms with van der Waals surface area (Å²) < 4.78 is 4.56. The van der Waals surface area contributed by atoms with Crippen LogP contribution in [0.15, 0.2) is 46.3 Å². The third-order valence-corrected chi connectivity index (χ3v) is 3.25. The van der Waals surface area contributed by atoms with Crippen molar-refractivity contribution in [3.63, 3.8) is 0 Å². The number of nitriles is 1. The van der Waals surface area contributed by atoms with E-state index < -0.39 is 5.97 Å². The lowest BCUT2D eigenvalue weighted by Gasteiger charge is -2.06. The van der Waals surface area contributed by atoms with E-state index in [1.165, 1.54) is 18.9 Å². The number of carbonyl (C=O) groups excluding carboxylic acids is 1. The van der Waals surface area contributed by atoms with Crippen LogP contribution in [0.2, 0.25) is 0 Å². The summed E-state index contributed by atoms with van der Waals surface area (Å²) in [6, 6.07) is 11.5. The van der Waals surface area contributed by atoms with Crippen molar-refractivity contribution in [2.75, 3.05) is 7.11 Å². The van der Waals surface area contributed by atoms with E-state index in [1.807, 2.05) is 41.8 Å². The maximum Gasteiger partial charge on any atom is 0.351 e. The molecule has 0 fully saturated rings. The molecule has 1 aliphatic heterocycles. The molecule has 2 rings (SSSR count). The predicted octanol–water partition coefficient (Wildman–Crippen LogP) is 2.23. The minimum absolute atomic E-state index is 0.00955. The highest BCUT2D eigenvalue weighted by atomic mass is 32.2. The number of benzene rings is 1. The summed E-state index contributed by atoms with van der Waals surface area (Å²) >= 11 is 1.30. The molecule has 0 unspecified atom stereocenters. The normalized spacial score (nSPS) is 16.3. The molecule has 90 valence electrons. The maximum absolute atomic E-state index is 11.4. The number of carbonyl (C=O) groups is 1. The molecule has 0 radical (unpaired) electrons. The van der Waals surface area contributed by atoms with Crippen LogP contribution < -0.4 is 5.32 Å². The fourth-order valence-electron chi connectivity index (χ4n) is 1.47. The molecule has 1 aromatic rings. The Bertz CT molecular complexity index is 570. The van der Waals surface area contributed by atoms with Gasteiger partial charge in [-0.3, -0.25) is 0 Å². The van der Waals surface area contributed by atoms with Crippen LogP contribution in [0.1, 0.15) is 5.56 Å². The van der Waals surface area contributed by atoms with Crippen LogP contribution >= 0.6 is 11.8 Å². The molecule has 1 N–H and O–H groups in total. The molecule has 1 aliphatic rings. The van der Waals surface area contributed by atoms with Gasteiger partial charge in [0.15, 0.2) is 5.57 Å². The summed E-state index contributed by atoms with van der Waals surface area (Å²) in [6.45, 7) is 0. The van der Waals surface area contributed by atoms with Crippen molar-refractivity contribution in [3.8, 4) is 6.07 Å². The zero-order chi connectivity index (χ0) is 13.0. The van der Waals surface area contributed by atoms with Gasteiger partial charge >= 0.3 is 5.97 Å². The first-order chi connectivity index (χ1) is 8.76. The van der Waals surface area contributed by atoms with Gasteiger partial charge in [-0.1, -0.05) is 42.1 Å². The van der Waals surface area contributed by atoms with Crippen LogP contribution in [-0.4, -0.2) is 13.1 Å². The van der Waals surface area contributed by atoms with Crippen molar-refractivity contribution < 1.29 is 9.53 Å². The van der Waals surface area contributed by atoms with E-state index in [0.29, 0.717) is 5.03 Å². The minimum atomic E-state index is -0.629. The lowest BCUT2D eigenvalue weighted by Crippen LogP contribution is -2.12. The monoisotopic (exact) mass is 258 g/mol. The molecular weight excluding hydrogens is 248 g/mol. The molecule has 5 heteroatoms. The van der Waals surface area contributed by atoms with Crippen molar-refractivity contribution in [2.45, 2.75) is 0 Å². The van der Waals surface area contributed by atoms with Crippen molar-refractivity contribution in [3.05, 3.63) is 51.9 Å². The molecule has 0 atom stereocenters. The molecule has 0 amide bonds. The number of esters is 1. The van der Waals surface area contributed by atoms with Crippen molar-refractivity contribution in [1.29, 1.82) is 5.26 Å². The first-order valence-corrected chi connectivity index (χ1v) is 6.06. The van der Waals surface area contributed by atoms with E-state index in [1.54, 1.807) is 0 Å². The third-order valence-electron chi connectivity index (χ3n) is 2.36. The molecule has 1 heterocycles. The average Bonchev–Trinajstić information content (AvgIpc) is 2.90. The number of hydrogen-bond donors (Lipinski definition) is 1. The lowest BCUT2D eigenvalue weighted by molar-refractivity contribution is -0.135. The van der Waals surface area contributed by atoms with Crippen LogP contribution in [0.3, 0.4) is 0 Å². The highest BCUT2D eigenvalue weighted by molar-refractivity contribution is 8.06. The van der Waals surface area contributed by atoms with E-state index in [4.69, 9.17) is 5.26 Å². The van der Waals surface area contributed by atoms with Crippen molar-refractivity contribution in [1.82, 2.24) is 5.32 Å². The Morgan fingerprint density at radius 3 is 2.72 bits per heavy atom. The maximum atomic E-state index is 11.4. The number of thioether (sulfide) groups is 1.